The van der Waals surface area contributed by atoms with Crippen molar-refractivity contribution in [1.82, 2.24) is 0 Å². The number of nitrogens with zero attached hydrogens (tertiary/aromatic N) is 1. The molecule has 0 aliphatic carbocycles. The van der Waals surface area contributed by atoms with Crippen LogP contribution in [0.3, 0.4) is 0 Å². The van der Waals surface area contributed by atoms with Crippen molar-refractivity contribution in [2.24, 2.45) is 0 Å². The fourth-order valence-electron chi connectivity index (χ4n) is 1.70. The highest BCUT2D eigenvalue weighted by atomic mass is 16.5. The summed E-state index contributed by atoms with van der Waals surface area (Å²) in [5.41, 5.74) is 2.87. The Morgan fingerprint density at radius 1 is 1.25 bits per heavy atom. The molecular formula is C16H14N2O2. The molecule has 0 unspecified atom stereocenters. The van der Waals surface area contributed by atoms with Gasteiger partial charge in [0.2, 0.25) is 0 Å². The number of hydrogen-bond acceptors (Lipinski definition) is 3. The lowest BCUT2D eigenvalue weighted by molar-refractivity contribution is 0.155. The van der Waals surface area contributed by atoms with Crippen LogP contribution in [-0.4, -0.2) is 6.09 Å². The van der Waals surface area contributed by atoms with E-state index in [-0.39, 0.29) is 6.61 Å². The lowest BCUT2D eigenvalue weighted by Crippen LogP contribution is -2.13. The molecule has 0 atom stereocenters. The summed E-state index contributed by atoms with van der Waals surface area (Å²) in [6.45, 7) is 2.06. The van der Waals surface area contributed by atoms with E-state index in [1.807, 2.05) is 37.3 Å². The fourth-order valence-corrected chi connectivity index (χ4v) is 1.70. The first-order chi connectivity index (χ1) is 9.69. The molecule has 100 valence electrons. The highest BCUT2D eigenvalue weighted by Crippen LogP contribution is 2.14. The molecule has 0 aliphatic rings. The molecule has 0 spiro atoms. The first kappa shape index (κ1) is 13.6. The zero-order chi connectivity index (χ0) is 14.4. The standard InChI is InChI=1S/C16H14N2O2/c1-12-7-8-15(9-14(12)10-17)18-16(19)20-11-13-5-3-2-4-6-13/h2-9H,11H2,1H3,(H,18,19). The van der Waals surface area contributed by atoms with Crippen LogP contribution in [0.2, 0.25) is 0 Å². The molecule has 0 bridgehead atoms. The Morgan fingerprint density at radius 3 is 2.70 bits per heavy atom. The normalized spacial score (nSPS) is 9.60. The summed E-state index contributed by atoms with van der Waals surface area (Å²) >= 11 is 0. The van der Waals surface area contributed by atoms with Gasteiger partial charge in [-0.3, -0.25) is 5.32 Å². The Kier molecular flexibility index (Phi) is 4.35. The molecule has 0 saturated heterocycles. The van der Waals surface area contributed by atoms with Crippen LogP contribution in [0, 0.1) is 18.3 Å². The van der Waals surface area contributed by atoms with Gasteiger partial charge >= 0.3 is 6.09 Å². The molecule has 0 aromatic heterocycles. The molecule has 20 heavy (non-hydrogen) atoms. The van der Waals surface area contributed by atoms with Crippen molar-refractivity contribution >= 4 is 11.8 Å². The number of nitriles is 1. The van der Waals surface area contributed by atoms with Crippen LogP contribution in [0.4, 0.5) is 10.5 Å². The van der Waals surface area contributed by atoms with Gasteiger partial charge in [0.25, 0.3) is 0 Å². The Bertz CT molecular complexity index is 645. The number of rotatable bonds is 3. The summed E-state index contributed by atoms with van der Waals surface area (Å²) < 4.78 is 5.10. The number of aryl methyl sites for hydroxylation is 1. The van der Waals surface area contributed by atoms with Gasteiger partial charge in [-0.25, -0.2) is 4.79 Å². The summed E-state index contributed by atoms with van der Waals surface area (Å²) in [5, 5.41) is 11.5. The number of benzene rings is 2. The third-order valence-corrected chi connectivity index (χ3v) is 2.82. The van der Waals surface area contributed by atoms with Crippen LogP contribution in [0.5, 0.6) is 0 Å². The van der Waals surface area contributed by atoms with E-state index in [9.17, 15) is 4.79 Å². The second-order valence-electron chi connectivity index (χ2n) is 4.33. The Morgan fingerprint density at radius 2 is 2.00 bits per heavy atom. The molecule has 0 heterocycles. The largest absolute Gasteiger partial charge is 0.444 e. The maximum Gasteiger partial charge on any atom is 0.411 e. The quantitative estimate of drug-likeness (QED) is 0.923. The zero-order valence-electron chi connectivity index (χ0n) is 11.1. The third-order valence-electron chi connectivity index (χ3n) is 2.82. The molecule has 0 saturated carbocycles. The highest BCUT2D eigenvalue weighted by Gasteiger charge is 2.05. The molecule has 4 nitrogen and oxygen atoms in total. The zero-order valence-corrected chi connectivity index (χ0v) is 11.1. The molecule has 2 rings (SSSR count). The number of ether oxygens (including phenoxy) is 1. The predicted octanol–water partition coefficient (Wildman–Crippen LogP) is 3.62. The van der Waals surface area contributed by atoms with Crippen molar-refractivity contribution in [3.05, 3.63) is 65.2 Å². The van der Waals surface area contributed by atoms with E-state index in [1.54, 1.807) is 18.2 Å². The summed E-state index contributed by atoms with van der Waals surface area (Å²) in [5.74, 6) is 0. The third kappa shape index (κ3) is 3.59. The van der Waals surface area contributed by atoms with Crippen molar-refractivity contribution in [3.63, 3.8) is 0 Å². The molecule has 2 aromatic rings. The SMILES string of the molecule is Cc1ccc(NC(=O)OCc2ccccc2)cc1C#N. The molecule has 2 aromatic carbocycles. The molecular weight excluding hydrogens is 252 g/mol. The van der Waals surface area contributed by atoms with Crippen LogP contribution < -0.4 is 5.32 Å². The van der Waals surface area contributed by atoms with E-state index in [0.717, 1.165) is 11.1 Å². The number of amides is 1. The van der Waals surface area contributed by atoms with Crippen LogP contribution >= 0.6 is 0 Å². The van der Waals surface area contributed by atoms with E-state index >= 15 is 0 Å². The summed E-state index contributed by atoms with van der Waals surface area (Å²) in [7, 11) is 0. The van der Waals surface area contributed by atoms with Crippen molar-refractivity contribution in [3.8, 4) is 6.07 Å². The number of nitrogens with one attached hydrogen (secondary N) is 1. The first-order valence-corrected chi connectivity index (χ1v) is 6.17. The number of carbonyl (C=O) groups is 1. The number of hydrogen-bond donors (Lipinski definition) is 1. The first-order valence-electron chi connectivity index (χ1n) is 6.17. The molecule has 0 radical (unpaired) electrons. The molecule has 4 heteroatoms. The Labute approximate surface area is 117 Å². The van der Waals surface area contributed by atoms with E-state index in [2.05, 4.69) is 11.4 Å². The monoisotopic (exact) mass is 266 g/mol. The minimum atomic E-state index is -0.540. The fraction of sp³-hybridized carbons (Fsp3) is 0.125. The second-order valence-corrected chi connectivity index (χ2v) is 4.33. The summed E-state index contributed by atoms with van der Waals surface area (Å²) in [6.07, 6.45) is -0.540. The molecule has 0 aliphatic heterocycles. The van der Waals surface area contributed by atoms with Crippen LogP contribution in [-0.2, 0) is 11.3 Å². The van der Waals surface area contributed by atoms with Crippen molar-refractivity contribution < 1.29 is 9.53 Å². The van der Waals surface area contributed by atoms with E-state index in [4.69, 9.17) is 10.00 Å². The highest BCUT2D eigenvalue weighted by molar-refractivity contribution is 5.84. The minimum absolute atomic E-state index is 0.212. The number of anilines is 1. The van der Waals surface area contributed by atoms with Gasteiger partial charge in [0.1, 0.15) is 6.61 Å². The molecule has 0 fully saturated rings. The number of carbonyl (C=O) groups excluding carboxylic acids is 1. The van der Waals surface area contributed by atoms with Gasteiger partial charge in [-0.1, -0.05) is 36.4 Å². The van der Waals surface area contributed by atoms with Crippen molar-refractivity contribution in [2.75, 3.05) is 5.32 Å². The predicted molar refractivity (Wildman–Crippen MR) is 76.1 cm³/mol. The average molecular weight is 266 g/mol. The summed E-state index contributed by atoms with van der Waals surface area (Å²) in [6, 6.07) is 16.7. The maximum atomic E-state index is 11.7. The van der Waals surface area contributed by atoms with Crippen molar-refractivity contribution in [1.29, 1.82) is 5.26 Å². The van der Waals surface area contributed by atoms with E-state index in [0.29, 0.717) is 11.3 Å². The van der Waals surface area contributed by atoms with Crippen molar-refractivity contribution in [2.45, 2.75) is 13.5 Å². The lowest BCUT2D eigenvalue weighted by atomic mass is 10.1. The van der Waals surface area contributed by atoms with Crippen LogP contribution in [0.1, 0.15) is 16.7 Å². The minimum Gasteiger partial charge on any atom is -0.444 e. The van der Waals surface area contributed by atoms with E-state index in [1.165, 1.54) is 0 Å². The Hall–Kier alpha value is -2.80. The van der Waals surface area contributed by atoms with Crippen LogP contribution in [0.25, 0.3) is 0 Å². The Balaban J connectivity index is 1.93. The van der Waals surface area contributed by atoms with E-state index < -0.39 is 6.09 Å². The summed E-state index contributed by atoms with van der Waals surface area (Å²) in [4.78, 5) is 11.7. The van der Waals surface area contributed by atoms with Gasteiger partial charge in [-0.05, 0) is 30.2 Å². The maximum absolute atomic E-state index is 11.7. The average Bonchev–Trinajstić information content (AvgIpc) is 2.48. The van der Waals surface area contributed by atoms with Gasteiger partial charge in [-0.15, -0.1) is 0 Å². The van der Waals surface area contributed by atoms with Gasteiger partial charge in [-0.2, -0.15) is 5.26 Å². The van der Waals surface area contributed by atoms with Crippen LogP contribution in [0.15, 0.2) is 48.5 Å². The van der Waals surface area contributed by atoms with Gasteiger partial charge in [0.15, 0.2) is 0 Å². The second kappa shape index (κ2) is 6.39. The van der Waals surface area contributed by atoms with Gasteiger partial charge < -0.3 is 4.74 Å². The topological polar surface area (TPSA) is 62.1 Å². The lowest BCUT2D eigenvalue weighted by Gasteiger charge is -2.08. The van der Waals surface area contributed by atoms with Gasteiger partial charge in [0, 0.05) is 5.69 Å². The van der Waals surface area contributed by atoms with Gasteiger partial charge in [0.05, 0.1) is 11.6 Å². The molecule has 1 N–H and O–H groups in total. The molecule has 1 amide bonds. The smallest absolute Gasteiger partial charge is 0.411 e.